The fraction of sp³-hybridized carbons (Fsp3) is 0.135. The Hall–Kier alpha value is -5.79. The highest BCUT2D eigenvalue weighted by Crippen LogP contribution is 2.36. The quantitative estimate of drug-likeness (QED) is 0.195. The number of aromatic nitrogens is 1. The maximum Gasteiger partial charge on any atom is 0.338 e. The molecule has 0 unspecified atom stereocenters. The smallest absolute Gasteiger partial charge is 0.338 e. The van der Waals surface area contributed by atoms with Crippen LogP contribution in [0.25, 0.3) is 11.8 Å². The van der Waals surface area contributed by atoms with E-state index in [1.165, 1.54) is 23.8 Å². The number of halogens is 1. The number of thiazole rings is 1. The molecule has 0 fully saturated rings. The Labute approximate surface area is 273 Å². The van der Waals surface area contributed by atoms with Crippen molar-refractivity contribution in [2.75, 3.05) is 13.7 Å². The van der Waals surface area contributed by atoms with E-state index in [1.807, 2.05) is 42.5 Å². The van der Waals surface area contributed by atoms with Crippen LogP contribution < -0.4 is 24.4 Å². The molecule has 0 saturated carbocycles. The molecule has 6 rings (SSSR count). The van der Waals surface area contributed by atoms with Gasteiger partial charge in [0.1, 0.15) is 12.4 Å². The first kappa shape index (κ1) is 31.2. The fourth-order valence-electron chi connectivity index (χ4n) is 5.41. The van der Waals surface area contributed by atoms with Crippen LogP contribution in [0, 0.1) is 17.1 Å². The number of benzene rings is 4. The van der Waals surface area contributed by atoms with Crippen molar-refractivity contribution in [3.05, 3.63) is 156 Å². The normalized spacial score (nSPS) is 14.2. The summed E-state index contributed by atoms with van der Waals surface area (Å²) in [7, 11) is 1.52. The molecule has 0 radical (unpaired) electrons. The van der Waals surface area contributed by atoms with Crippen LogP contribution in [-0.4, -0.2) is 24.3 Å². The predicted octanol–water partition coefficient (Wildman–Crippen LogP) is 5.53. The van der Waals surface area contributed by atoms with E-state index < -0.39 is 23.4 Å². The number of hydrogen-bond donors (Lipinski definition) is 0. The third-order valence-electron chi connectivity index (χ3n) is 7.59. The summed E-state index contributed by atoms with van der Waals surface area (Å²) in [5.74, 6) is -0.240. The molecule has 1 atom stereocenters. The van der Waals surface area contributed by atoms with Gasteiger partial charge in [0.25, 0.3) is 5.56 Å². The molecule has 5 aromatic rings. The minimum absolute atomic E-state index is 0.0973. The molecule has 0 saturated heterocycles. The number of fused-ring (bicyclic) bond motifs is 1. The number of ether oxygens (including phenoxy) is 3. The van der Waals surface area contributed by atoms with E-state index >= 15 is 0 Å². The highest BCUT2D eigenvalue weighted by atomic mass is 32.1. The number of nitriles is 1. The zero-order valence-electron chi connectivity index (χ0n) is 25.5. The number of esters is 1. The SMILES string of the molecule is CCOC(=O)C1=C(c2ccccc2)N=c2s/c(=C\c3cccc(OC)c3OCc3ccccc3C#N)c(=O)n2[C@@H]1c1ccc(F)cc1. The van der Waals surface area contributed by atoms with E-state index in [9.17, 15) is 19.2 Å². The number of carbonyl (C=O) groups excluding carboxylic acids is 1. The second-order valence-electron chi connectivity index (χ2n) is 10.4. The molecule has 0 bridgehead atoms. The van der Waals surface area contributed by atoms with Crippen molar-refractivity contribution in [1.29, 1.82) is 5.26 Å². The van der Waals surface area contributed by atoms with Crippen molar-refractivity contribution >= 4 is 29.1 Å². The zero-order chi connectivity index (χ0) is 32.9. The maximum absolute atomic E-state index is 14.3. The Morgan fingerprint density at radius 2 is 1.77 bits per heavy atom. The van der Waals surface area contributed by atoms with E-state index in [-0.39, 0.29) is 18.8 Å². The van der Waals surface area contributed by atoms with Gasteiger partial charge in [0.05, 0.1) is 47.2 Å². The molecule has 1 aromatic heterocycles. The third-order valence-corrected chi connectivity index (χ3v) is 8.57. The highest BCUT2D eigenvalue weighted by molar-refractivity contribution is 7.07. The van der Waals surface area contributed by atoms with Gasteiger partial charge in [0.15, 0.2) is 16.3 Å². The fourth-order valence-corrected chi connectivity index (χ4v) is 6.40. The number of carbonyl (C=O) groups is 1. The summed E-state index contributed by atoms with van der Waals surface area (Å²) >= 11 is 1.16. The van der Waals surface area contributed by atoms with Crippen LogP contribution in [0.5, 0.6) is 11.5 Å². The van der Waals surface area contributed by atoms with E-state index in [4.69, 9.17) is 19.2 Å². The largest absolute Gasteiger partial charge is 0.493 e. The lowest BCUT2D eigenvalue weighted by Crippen LogP contribution is -2.40. The lowest BCUT2D eigenvalue weighted by Gasteiger charge is -2.25. The van der Waals surface area contributed by atoms with Crippen LogP contribution in [0.2, 0.25) is 0 Å². The van der Waals surface area contributed by atoms with Gasteiger partial charge in [-0.2, -0.15) is 5.26 Å². The van der Waals surface area contributed by atoms with Gasteiger partial charge >= 0.3 is 5.97 Å². The van der Waals surface area contributed by atoms with E-state index in [2.05, 4.69) is 6.07 Å². The third kappa shape index (κ3) is 6.21. The van der Waals surface area contributed by atoms with Crippen LogP contribution in [-0.2, 0) is 16.1 Å². The van der Waals surface area contributed by atoms with Gasteiger partial charge in [0.2, 0.25) is 0 Å². The second kappa shape index (κ2) is 13.7. The Bertz CT molecular complexity index is 2220. The number of rotatable bonds is 9. The number of para-hydroxylation sites is 1. The predicted molar refractivity (Wildman–Crippen MR) is 176 cm³/mol. The number of methoxy groups -OCH3 is 1. The van der Waals surface area contributed by atoms with Crippen molar-refractivity contribution in [3.63, 3.8) is 0 Å². The van der Waals surface area contributed by atoms with Crippen molar-refractivity contribution in [2.24, 2.45) is 4.99 Å². The molecule has 1 aliphatic rings. The van der Waals surface area contributed by atoms with Gasteiger partial charge in [-0.3, -0.25) is 9.36 Å². The molecule has 234 valence electrons. The first-order valence-electron chi connectivity index (χ1n) is 14.7. The van der Waals surface area contributed by atoms with E-state index in [1.54, 1.807) is 55.5 Å². The molecule has 10 heteroatoms. The lowest BCUT2D eigenvalue weighted by molar-refractivity contribution is -0.138. The Morgan fingerprint density at radius 3 is 2.49 bits per heavy atom. The topological polar surface area (TPSA) is 103 Å². The number of nitrogens with zero attached hydrogens (tertiary/aromatic N) is 3. The van der Waals surface area contributed by atoms with E-state index in [0.717, 1.165) is 11.3 Å². The average molecular weight is 646 g/mol. The van der Waals surface area contributed by atoms with Crippen LogP contribution in [0.3, 0.4) is 0 Å². The molecule has 2 heterocycles. The Morgan fingerprint density at radius 1 is 1.02 bits per heavy atom. The lowest BCUT2D eigenvalue weighted by atomic mass is 9.93. The highest BCUT2D eigenvalue weighted by Gasteiger charge is 2.35. The van der Waals surface area contributed by atoms with Crippen LogP contribution in [0.1, 0.15) is 40.8 Å². The summed E-state index contributed by atoms with van der Waals surface area (Å²) in [5, 5.41) is 9.54. The summed E-state index contributed by atoms with van der Waals surface area (Å²) < 4.78 is 33.1. The summed E-state index contributed by atoms with van der Waals surface area (Å²) in [6.45, 7) is 1.91. The Balaban J connectivity index is 1.55. The van der Waals surface area contributed by atoms with Crippen molar-refractivity contribution in [1.82, 2.24) is 4.57 Å². The minimum Gasteiger partial charge on any atom is -0.493 e. The molecule has 0 N–H and O–H groups in total. The molecule has 0 amide bonds. The monoisotopic (exact) mass is 645 g/mol. The molecule has 8 nitrogen and oxygen atoms in total. The summed E-state index contributed by atoms with van der Waals surface area (Å²) in [6, 6.07) is 28.6. The second-order valence-corrected chi connectivity index (χ2v) is 11.4. The minimum atomic E-state index is -0.938. The first-order chi connectivity index (χ1) is 22.9. The first-order valence-corrected chi connectivity index (χ1v) is 15.6. The van der Waals surface area contributed by atoms with Gasteiger partial charge in [-0.05, 0) is 42.8 Å². The Kier molecular flexibility index (Phi) is 9.09. The van der Waals surface area contributed by atoms with Crippen molar-refractivity contribution in [2.45, 2.75) is 19.6 Å². The molecule has 0 spiro atoms. The van der Waals surface area contributed by atoms with Gasteiger partial charge < -0.3 is 14.2 Å². The van der Waals surface area contributed by atoms with Crippen LogP contribution in [0.4, 0.5) is 4.39 Å². The summed E-state index contributed by atoms with van der Waals surface area (Å²) in [4.78, 5) is 33.1. The molecule has 4 aromatic carbocycles. The molecular weight excluding hydrogens is 617 g/mol. The summed E-state index contributed by atoms with van der Waals surface area (Å²) in [6.07, 6.45) is 1.69. The summed E-state index contributed by atoms with van der Waals surface area (Å²) in [5.41, 5.74) is 3.08. The van der Waals surface area contributed by atoms with Crippen LogP contribution in [0.15, 0.2) is 112 Å². The number of hydrogen-bond acceptors (Lipinski definition) is 8. The average Bonchev–Trinajstić information content (AvgIpc) is 3.41. The van der Waals surface area contributed by atoms with Gasteiger partial charge in [-0.1, -0.05) is 84.1 Å². The van der Waals surface area contributed by atoms with Gasteiger partial charge in [-0.15, -0.1) is 0 Å². The molecule has 1 aliphatic heterocycles. The van der Waals surface area contributed by atoms with Crippen molar-refractivity contribution < 1.29 is 23.4 Å². The van der Waals surface area contributed by atoms with Gasteiger partial charge in [-0.25, -0.2) is 14.2 Å². The van der Waals surface area contributed by atoms with E-state index in [0.29, 0.717) is 54.3 Å². The maximum atomic E-state index is 14.3. The molecular formula is C37H28FN3O5S. The molecule has 47 heavy (non-hydrogen) atoms. The zero-order valence-corrected chi connectivity index (χ0v) is 26.3. The molecule has 0 aliphatic carbocycles. The van der Waals surface area contributed by atoms with Gasteiger partial charge in [0, 0.05) is 16.7 Å². The standard InChI is InChI=1S/C37H28FN3O5S/c1-3-45-36(43)31-32(23-10-5-4-6-11-23)40-37-41(33(31)24-16-18-28(38)19-17-24)35(42)30(47-37)20-25-14-9-15-29(44-2)34(25)46-22-27-13-8-7-12-26(27)21-39/h4-20,33H,3,22H2,1-2H3/b30-20-/t33-/m1/s1. The van der Waals surface area contributed by atoms with Crippen LogP contribution >= 0.6 is 11.3 Å². The van der Waals surface area contributed by atoms with Crippen molar-refractivity contribution in [3.8, 4) is 17.6 Å².